The van der Waals surface area contributed by atoms with Gasteiger partial charge in [0.05, 0.1) is 5.75 Å². The lowest BCUT2D eigenvalue weighted by atomic mass is 10.4. The summed E-state index contributed by atoms with van der Waals surface area (Å²) in [7, 11) is 0. The molecule has 0 heterocycles. The number of thioether (sulfide) groups is 1. The third-order valence-electron chi connectivity index (χ3n) is 1.31. The number of rotatable bonds is 2. The maximum atomic E-state index is 3.03. The van der Waals surface area contributed by atoms with E-state index in [-0.39, 0.29) is 0 Å². The summed E-state index contributed by atoms with van der Waals surface area (Å²) in [6.07, 6.45) is 0. The lowest BCUT2D eigenvalue weighted by Gasteiger charge is -1.99. The van der Waals surface area contributed by atoms with Gasteiger partial charge < -0.3 is 0 Å². The number of halogens is 1. The Hall–Kier alpha value is -0.140. The van der Waals surface area contributed by atoms with Gasteiger partial charge in [0.1, 0.15) is 0 Å². The summed E-state index contributed by atoms with van der Waals surface area (Å²) >= 11 is 4.13. The Bertz CT molecular complexity index is 309. The molecule has 0 amide bonds. The Morgan fingerprint density at radius 3 is 2.83 bits per heavy atom. The predicted octanol–water partition coefficient (Wildman–Crippen LogP) is 3.41. The van der Waals surface area contributed by atoms with Crippen LogP contribution < -0.4 is 0 Å². The molecule has 0 saturated carbocycles. The van der Waals surface area contributed by atoms with Crippen LogP contribution in [0.2, 0.25) is 0 Å². The van der Waals surface area contributed by atoms with Crippen molar-refractivity contribution in [1.29, 1.82) is 0 Å². The molecule has 0 atom stereocenters. The second-order valence-corrected chi connectivity index (χ2v) is 4.33. The van der Waals surface area contributed by atoms with Crippen LogP contribution in [0.1, 0.15) is 6.92 Å². The molecular weight excluding hydrogens is 279 g/mol. The van der Waals surface area contributed by atoms with E-state index in [1.807, 2.05) is 6.92 Å². The SMILES string of the molecule is CC#CCSc1ccccc1I. The van der Waals surface area contributed by atoms with E-state index in [1.165, 1.54) is 8.47 Å². The standard InChI is InChI=1S/C10H9IS/c1-2-3-8-12-10-7-5-4-6-9(10)11/h4-7H,8H2,1H3. The first-order chi connectivity index (χ1) is 5.84. The molecule has 0 unspecified atom stereocenters. The van der Waals surface area contributed by atoms with E-state index < -0.39 is 0 Å². The van der Waals surface area contributed by atoms with Crippen LogP contribution >= 0.6 is 34.4 Å². The lowest BCUT2D eigenvalue weighted by molar-refractivity contribution is 1.40. The van der Waals surface area contributed by atoms with Crippen molar-refractivity contribution in [1.82, 2.24) is 0 Å². The molecule has 0 radical (unpaired) electrons. The van der Waals surface area contributed by atoms with Gasteiger partial charge in [-0.1, -0.05) is 18.1 Å². The van der Waals surface area contributed by atoms with Gasteiger partial charge in [-0.25, -0.2) is 0 Å². The fraction of sp³-hybridized carbons (Fsp3) is 0.200. The highest BCUT2D eigenvalue weighted by molar-refractivity contribution is 14.1. The van der Waals surface area contributed by atoms with Crippen LogP contribution in [0.3, 0.4) is 0 Å². The van der Waals surface area contributed by atoms with E-state index in [2.05, 4.69) is 58.7 Å². The van der Waals surface area contributed by atoms with Crippen molar-refractivity contribution in [2.45, 2.75) is 11.8 Å². The van der Waals surface area contributed by atoms with Gasteiger partial charge in [-0.3, -0.25) is 0 Å². The zero-order valence-electron chi connectivity index (χ0n) is 6.80. The molecule has 0 N–H and O–H groups in total. The topological polar surface area (TPSA) is 0 Å². The van der Waals surface area contributed by atoms with E-state index >= 15 is 0 Å². The van der Waals surface area contributed by atoms with Crippen molar-refractivity contribution in [3.63, 3.8) is 0 Å². The second-order valence-electron chi connectivity index (χ2n) is 2.15. The summed E-state index contributed by atoms with van der Waals surface area (Å²) in [5.41, 5.74) is 0. The first-order valence-electron chi connectivity index (χ1n) is 3.61. The molecule has 1 aromatic carbocycles. The largest absolute Gasteiger partial charge is 0.112 e. The van der Waals surface area contributed by atoms with Crippen molar-refractivity contribution in [3.8, 4) is 11.8 Å². The predicted molar refractivity (Wildman–Crippen MR) is 63.3 cm³/mol. The number of hydrogen-bond acceptors (Lipinski definition) is 1. The molecule has 0 spiro atoms. The first-order valence-corrected chi connectivity index (χ1v) is 5.68. The smallest absolute Gasteiger partial charge is 0.0595 e. The molecule has 0 nitrogen and oxygen atoms in total. The van der Waals surface area contributed by atoms with Crippen LogP contribution in [0.5, 0.6) is 0 Å². The highest BCUT2D eigenvalue weighted by atomic mass is 127. The minimum atomic E-state index is 0.885. The maximum absolute atomic E-state index is 3.03. The molecule has 0 aromatic heterocycles. The number of hydrogen-bond donors (Lipinski definition) is 0. The van der Waals surface area contributed by atoms with Gasteiger partial charge in [0.15, 0.2) is 0 Å². The molecule has 62 valence electrons. The Labute approximate surface area is 91.3 Å². The maximum Gasteiger partial charge on any atom is 0.0595 e. The average Bonchev–Trinajstić information content (AvgIpc) is 2.09. The summed E-state index contributed by atoms with van der Waals surface area (Å²) < 4.78 is 1.30. The van der Waals surface area contributed by atoms with Crippen LogP contribution in [0.4, 0.5) is 0 Å². The van der Waals surface area contributed by atoms with Crippen molar-refractivity contribution < 1.29 is 0 Å². The third-order valence-corrected chi connectivity index (χ3v) is 3.58. The Morgan fingerprint density at radius 2 is 2.17 bits per heavy atom. The normalized spacial score (nSPS) is 8.83. The molecule has 0 aliphatic rings. The monoisotopic (exact) mass is 288 g/mol. The van der Waals surface area contributed by atoms with E-state index in [0.717, 1.165) is 5.75 Å². The van der Waals surface area contributed by atoms with E-state index in [0.29, 0.717) is 0 Å². The Kier molecular flexibility index (Phi) is 4.55. The molecule has 0 aliphatic carbocycles. The van der Waals surface area contributed by atoms with Gasteiger partial charge in [0.25, 0.3) is 0 Å². The van der Waals surface area contributed by atoms with Crippen molar-refractivity contribution in [2.75, 3.05) is 5.75 Å². The van der Waals surface area contributed by atoms with Gasteiger partial charge >= 0.3 is 0 Å². The molecule has 12 heavy (non-hydrogen) atoms. The van der Waals surface area contributed by atoms with Crippen molar-refractivity contribution in [3.05, 3.63) is 27.8 Å². The van der Waals surface area contributed by atoms with Crippen LogP contribution in [0.15, 0.2) is 29.2 Å². The highest BCUT2D eigenvalue weighted by Gasteiger charge is 1.95. The number of benzene rings is 1. The fourth-order valence-electron chi connectivity index (χ4n) is 0.748. The highest BCUT2D eigenvalue weighted by Crippen LogP contribution is 2.23. The minimum Gasteiger partial charge on any atom is -0.112 e. The molecule has 0 saturated heterocycles. The molecule has 0 fully saturated rings. The average molecular weight is 288 g/mol. The van der Waals surface area contributed by atoms with Gasteiger partial charge in [-0.05, 0) is 41.6 Å². The molecular formula is C10H9IS. The molecule has 1 aromatic rings. The molecule has 1 rings (SSSR count). The summed E-state index contributed by atoms with van der Waals surface area (Å²) in [6.45, 7) is 1.87. The molecule has 2 heteroatoms. The van der Waals surface area contributed by atoms with Crippen LogP contribution in [-0.4, -0.2) is 5.75 Å². The Balaban J connectivity index is 2.61. The van der Waals surface area contributed by atoms with E-state index in [1.54, 1.807) is 11.8 Å². The zero-order chi connectivity index (χ0) is 8.81. The molecule has 0 bridgehead atoms. The minimum absolute atomic E-state index is 0.885. The van der Waals surface area contributed by atoms with E-state index in [9.17, 15) is 0 Å². The van der Waals surface area contributed by atoms with Gasteiger partial charge in [-0.15, -0.1) is 17.7 Å². The summed E-state index contributed by atoms with van der Waals surface area (Å²) in [5.74, 6) is 6.80. The first kappa shape index (κ1) is 9.94. The van der Waals surface area contributed by atoms with Gasteiger partial charge in [-0.2, -0.15) is 0 Å². The van der Waals surface area contributed by atoms with Gasteiger partial charge in [0, 0.05) is 8.47 Å². The molecule has 0 aliphatic heterocycles. The van der Waals surface area contributed by atoms with Gasteiger partial charge in [0.2, 0.25) is 0 Å². The zero-order valence-corrected chi connectivity index (χ0v) is 9.78. The third kappa shape index (κ3) is 3.08. The van der Waals surface area contributed by atoms with Crippen LogP contribution in [0, 0.1) is 15.4 Å². The summed E-state index contributed by atoms with van der Waals surface area (Å²) in [4.78, 5) is 1.32. The fourth-order valence-corrected chi connectivity index (χ4v) is 2.36. The van der Waals surface area contributed by atoms with Crippen LogP contribution in [-0.2, 0) is 0 Å². The van der Waals surface area contributed by atoms with Crippen molar-refractivity contribution >= 4 is 34.4 Å². The van der Waals surface area contributed by atoms with Crippen molar-refractivity contribution in [2.24, 2.45) is 0 Å². The van der Waals surface area contributed by atoms with Crippen LogP contribution in [0.25, 0.3) is 0 Å². The van der Waals surface area contributed by atoms with E-state index in [4.69, 9.17) is 0 Å². The summed E-state index contributed by atoms with van der Waals surface area (Å²) in [6, 6.07) is 8.35. The lowest BCUT2D eigenvalue weighted by Crippen LogP contribution is -1.78. The second kappa shape index (κ2) is 5.50. The quantitative estimate of drug-likeness (QED) is 0.456. The summed E-state index contributed by atoms with van der Waals surface area (Å²) in [5, 5.41) is 0. The Morgan fingerprint density at radius 1 is 1.42 bits per heavy atom.